The highest BCUT2D eigenvalue weighted by Gasteiger charge is 2.30. The summed E-state index contributed by atoms with van der Waals surface area (Å²) in [6, 6.07) is 21.5. The number of aromatic nitrogens is 1. The third kappa shape index (κ3) is 8.66. The number of carbonyl (C=O) groups excluding carboxylic acids is 1. The van der Waals surface area contributed by atoms with Crippen LogP contribution in [0.15, 0.2) is 100 Å². The maximum absolute atomic E-state index is 13.2. The van der Waals surface area contributed by atoms with Crippen LogP contribution in [0.3, 0.4) is 0 Å². The van der Waals surface area contributed by atoms with Gasteiger partial charge in [-0.15, -0.1) is 4.40 Å². The Balaban J connectivity index is 1.70. The van der Waals surface area contributed by atoms with E-state index in [0.717, 1.165) is 23.3 Å². The van der Waals surface area contributed by atoms with Crippen LogP contribution < -0.4 is 10.6 Å². The summed E-state index contributed by atoms with van der Waals surface area (Å²) in [5.74, 6) is -0.387. The molecule has 4 aromatic rings. The van der Waals surface area contributed by atoms with Crippen LogP contribution in [0, 0.1) is 6.92 Å². The van der Waals surface area contributed by atoms with Crippen molar-refractivity contribution in [2.75, 3.05) is 0 Å². The monoisotopic (exact) mass is 624 g/mol. The lowest BCUT2D eigenvalue weighted by atomic mass is 9.96. The van der Waals surface area contributed by atoms with Crippen molar-refractivity contribution >= 4 is 22.1 Å². The highest BCUT2D eigenvalue weighted by molar-refractivity contribution is 7.90. The minimum absolute atomic E-state index is 0.0479. The lowest BCUT2D eigenvalue weighted by Crippen LogP contribution is -2.43. The van der Waals surface area contributed by atoms with Crippen molar-refractivity contribution in [2.45, 2.75) is 50.9 Å². The van der Waals surface area contributed by atoms with Crippen LogP contribution in [0.25, 0.3) is 22.4 Å². The van der Waals surface area contributed by atoms with Crippen molar-refractivity contribution in [1.29, 1.82) is 0 Å². The number of sulfonamides is 1. The number of rotatable bonds is 6. The predicted molar refractivity (Wildman–Crippen MR) is 162 cm³/mol. The smallest absolute Gasteiger partial charge is 0.416 e. The topological polar surface area (TPSA) is 110 Å². The molecule has 0 radical (unpaired) electrons. The molecular formula is C32H31F3N4O4S. The number of alkyl halides is 3. The van der Waals surface area contributed by atoms with Crippen molar-refractivity contribution in [3.8, 4) is 22.4 Å². The molecule has 230 valence electrons. The maximum atomic E-state index is 13.2. The zero-order valence-electron chi connectivity index (χ0n) is 24.4. The Morgan fingerprint density at radius 1 is 0.909 bits per heavy atom. The van der Waals surface area contributed by atoms with Gasteiger partial charge in [0, 0.05) is 23.9 Å². The number of halogens is 3. The summed E-state index contributed by atoms with van der Waals surface area (Å²) in [5, 5.41) is 5.17. The standard InChI is InChI=1S/C32H31F3N4O4S/c1-21-10-12-24(13-11-21)28-27(23-14-16-25(17-15-23)32(33,34)35)18-22(19-36-28)20-37-29(38-30(40)43-31(2,3)4)39-44(41,42)26-8-6-5-7-9-26/h5-19H,20H2,1-4H3,(H2,37,38,39,40). The molecule has 0 aliphatic rings. The molecule has 0 atom stereocenters. The minimum atomic E-state index is -4.49. The van der Waals surface area contributed by atoms with Crippen LogP contribution in [0.4, 0.5) is 18.0 Å². The molecule has 1 heterocycles. The highest BCUT2D eigenvalue weighted by Crippen LogP contribution is 2.34. The first-order valence-corrected chi connectivity index (χ1v) is 14.9. The zero-order chi connectivity index (χ0) is 32.1. The normalized spacial score (nSPS) is 12.5. The van der Waals surface area contributed by atoms with E-state index in [9.17, 15) is 26.4 Å². The first kappa shape index (κ1) is 32.2. The van der Waals surface area contributed by atoms with Crippen LogP contribution in [-0.4, -0.2) is 31.1 Å². The van der Waals surface area contributed by atoms with Crippen LogP contribution in [0.1, 0.15) is 37.5 Å². The number of nitrogens with zero attached hydrogens (tertiary/aromatic N) is 2. The second kappa shape index (κ2) is 12.9. The molecule has 0 fully saturated rings. The summed E-state index contributed by atoms with van der Waals surface area (Å²) in [6.07, 6.45) is -3.86. The SMILES string of the molecule is Cc1ccc(-c2ncc(CN/C(=N/S(=O)(=O)c3ccccc3)NC(=O)OC(C)(C)C)cc2-c2ccc(C(F)(F)F)cc2)cc1. The first-order valence-electron chi connectivity index (χ1n) is 13.5. The second-order valence-corrected chi connectivity index (χ2v) is 12.5. The summed E-state index contributed by atoms with van der Waals surface area (Å²) >= 11 is 0. The largest absolute Gasteiger partial charge is 0.444 e. The third-order valence-corrected chi connectivity index (χ3v) is 7.42. The van der Waals surface area contributed by atoms with Crippen LogP contribution in [0.5, 0.6) is 0 Å². The molecule has 44 heavy (non-hydrogen) atoms. The molecule has 8 nitrogen and oxygen atoms in total. The van der Waals surface area contributed by atoms with E-state index in [2.05, 4.69) is 20.0 Å². The van der Waals surface area contributed by atoms with E-state index in [1.54, 1.807) is 51.2 Å². The molecule has 0 aliphatic carbocycles. The Bertz CT molecular complexity index is 1750. The first-order chi connectivity index (χ1) is 20.6. The number of alkyl carbamates (subject to hydrolysis) is 1. The summed E-state index contributed by atoms with van der Waals surface area (Å²) < 4.78 is 74.7. The molecule has 0 saturated heterocycles. The summed E-state index contributed by atoms with van der Waals surface area (Å²) in [6.45, 7) is 6.85. The fraction of sp³-hybridized carbons (Fsp3) is 0.219. The summed E-state index contributed by atoms with van der Waals surface area (Å²) in [4.78, 5) is 17.0. The number of benzene rings is 3. The Morgan fingerprint density at radius 3 is 2.11 bits per heavy atom. The van der Waals surface area contributed by atoms with Gasteiger partial charge in [0.1, 0.15) is 5.60 Å². The van der Waals surface area contributed by atoms with Crippen LogP contribution >= 0.6 is 0 Å². The molecule has 3 aromatic carbocycles. The molecule has 12 heteroatoms. The summed E-state index contributed by atoms with van der Waals surface area (Å²) in [5.41, 5.74) is 2.27. The average Bonchev–Trinajstić information content (AvgIpc) is 2.95. The van der Waals surface area contributed by atoms with Gasteiger partial charge in [-0.2, -0.15) is 21.6 Å². The fourth-order valence-corrected chi connectivity index (χ4v) is 5.01. The number of pyridine rings is 1. The van der Waals surface area contributed by atoms with Crippen molar-refractivity contribution < 1.29 is 31.1 Å². The predicted octanol–water partition coefficient (Wildman–Crippen LogP) is 7.10. The number of ether oxygens (including phenoxy) is 1. The van der Waals surface area contributed by atoms with E-state index in [-0.39, 0.29) is 17.4 Å². The van der Waals surface area contributed by atoms with Gasteiger partial charge in [0.2, 0.25) is 5.96 Å². The zero-order valence-corrected chi connectivity index (χ0v) is 25.3. The Morgan fingerprint density at radius 2 is 1.52 bits per heavy atom. The molecule has 2 N–H and O–H groups in total. The lowest BCUT2D eigenvalue weighted by Gasteiger charge is -2.20. The molecule has 0 aliphatic heterocycles. The molecule has 0 saturated carbocycles. The number of carbonyl (C=O) groups is 1. The van der Waals surface area contributed by atoms with Gasteiger partial charge >= 0.3 is 12.3 Å². The molecule has 4 rings (SSSR count). The Labute approximate surface area is 254 Å². The van der Waals surface area contributed by atoms with Crippen LogP contribution in [-0.2, 0) is 27.5 Å². The van der Waals surface area contributed by atoms with E-state index >= 15 is 0 Å². The van der Waals surface area contributed by atoms with Gasteiger partial charge in [-0.25, -0.2) is 4.79 Å². The highest BCUT2D eigenvalue weighted by atomic mass is 32.2. The third-order valence-electron chi connectivity index (χ3n) is 6.12. The number of guanidine groups is 1. The molecule has 1 aromatic heterocycles. The number of aryl methyl sites for hydroxylation is 1. The van der Waals surface area contributed by atoms with Gasteiger partial charge in [-0.05, 0) is 69.2 Å². The van der Waals surface area contributed by atoms with Gasteiger partial charge in [0.15, 0.2) is 0 Å². The van der Waals surface area contributed by atoms with Gasteiger partial charge < -0.3 is 10.1 Å². The lowest BCUT2D eigenvalue weighted by molar-refractivity contribution is -0.137. The van der Waals surface area contributed by atoms with E-state index in [1.165, 1.54) is 24.3 Å². The number of nitrogens with one attached hydrogen (secondary N) is 2. The van der Waals surface area contributed by atoms with Gasteiger partial charge in [0.05, 0.1) is 16.2 Å². The average molecular weight is 625 g/mol. The number of hydrogen-bond donors (Lipinski definition) is 2. The number of hydrogen-bond acceptors (Lipinski definition) is 5. The van der Waals surface area contributed by atoms with E-state index in [4.69, 9.17) is 4.74 Å². The number of amides is 1. The quantitative estimate of drug-likeness (QED) is 0.175. The molecule has 1 amide bonds. The van der Waals surface area contributed by atoms with E-state index < -0.39 is 33.5 Å². The van der Waals surface area contributed by atoms with Crippen LogP contribution in [0.2, 0.25) is 0 Å². The van der Waals surface area contributed by atoms with Crippen molar-refractivity contribution in [3.63, 3.8) is 0 Å². The Kier molecular flexibility index (Phi) is 9.43. The summed E-state index contributed by atoms with van der Waals surface area (Å²) in [7, 11) is -4.22. The van der Waals surface area contributed by atoms with Gasteiger partial charge in [0.25, 0.3) is 10.0 Å². The molecule has 0 bridgehead atoms. The Hall–Kier alpha value is -4.71. The molecule has 0 unspecified atom stereocenters. The van der Waals surface area contributed by atoms with Gasteiger partial charge in [-0.3, -0.25) is 10.3 Å². The molecule has 0 spiro atoms. The van der Waals surface area contributed by atoms with Crippen molar-refractivity contribution in [1.82, 2.24) is 15.6 Å². The maximum Gasteiger partial charge on any atom is 0.416 e. The van der Waals surface area contributed by atoms with Crippen molar-refractivity contribution in [3.05, 3.63) is 108 Å². The minimum Gasteiger partial charge on any atom is -0.444 e. The molecular weight excluding hydrogens is 593 g/mol. The second-order valence-electron chi connectivity index (χ2n) is 10.9. The van der Waals surface area contributed by atoms with Gasteiger partial charge in [-0.1, -0.05) is 60.2 Å². The van der Waals surface area contributed by atoms with Crippen molar-refractivity contribution in [2.24, 2.45) is 4.40 Å². The fourth-order valence-electron chi connectivity index (χ4n) is 4.06. The van der Waals surface area contributed by atoms with E-state index in [0.29, 0.717) is 22.4 Å². The van der Waals surface area contributed by atoms with E-state index in [1.807, 2.05) is 31.2 Å².